The molecule has 0 saturated carbocycles. The fourth-order valence-corrected chi connectivity index (χ4v) is 4.52. The zero-order valence-corrected chi connectivity index (χ0v) is 18.7. The van der Waals surface area contributed by atoms with Crippen LogP contribution in [0.2, 0.25) is 0 Å². The lowest BCUT2D eigenvalue weighted by molar-refractivity contribution is 0.0646. The second-order valence-corrected chi connectivity index (χ2v) is 8.29. The molecule has 1 aliphatic heterocycles. The molecule has 11 nitrogen and oxygen atoms in total. The van der Waals surface area contributed by atoms with Gasteiger partial charge in [0.25, 0.3) is 12.3 Å². The Hall–Kier alpha value is -4.42. The molecular formula is C22H19F2N9O2. The first-order chi connectivity index (χ1) is 16.9. The van der Waals surface area contributed by atoms with Crippen molar-refractivity contribution in [1.29, 1.82) is 0 Å². The molecule has 178 valence electrons. The van der Waals surface area contributed by atoms with Crippen molar-refractivity contribution in [3.05, 3.63) is 71.1 Å². The minimum absolute atomic E-state index is 0.143. The summed E-state index contributed by atoms with van der Waals surface area (Å²) in [5, 5.41) is 16.8. The van der Waals surface area contributed by atoms with Crippen LogP contribution in [0.25, 0.3) is 17.0 Å². The second-order valence-electron chi connectivity index (χ2n) is 8.29. The minimum Gasteiger partial charge on any atom is -0.412 e. The predicted molar refractivity (Wildman–Crippen MR) is 117 cm³/mol. The van der Waals surface area contributed by atoms with Crippen LogP contribution in [0.1, 0.15) is 51.5 Å². The zero-order chi connectivity index (χ0) is 24.3. The third-order valence-electron chi connectivity index (χ3n) is 6.11. The Bertz CT molecular complexity index is 1560. The van der Waals surface area contributed by atoms with E-state index in [1.165, 1.54) is 21.5 Å². The number of aromatic amines is 1. The maximum Gasteiger partial charge on any atom is 0.312 e. The van der Waals surface area contributed by atoms with E-state index in [0.29, 0.717) is 35.6 Å². The van der Waals surface area contributed by atoms with Crippen molar-refractivity contribution >= 4 is 11.4 Å². The topological polar surface area (TPSA) is 123 Å². The minimum atomic E-state index is -2.67. The first kappa shape index (κ1) is 21.1. The number of hydrogen-bond donors (Lipinski definition) is 1. The maximum absolute atomic E-state index is 13.6. The quantitative estimate of drug-likeness (QED) is 0.420. The van der Waals surface area contributed by atoms with Crippen molar-refractivity contribution in [1.82, 2.24) is 44.5 Å². The van der Waals surface area contributed by atoms with E-state index < -0.39 is 18.4 Å². The van der Waals surface area contributed by atoms with Crippen LogP contribution in [-0.4, -0.2) is 56.9 Å². The molecule has 0 fully saturated rings. The number of halogens is 2. The number of pyridine rings is 1. The van der Waals surface area contributed by atoms with Gasteiger partial charge >= 0.3 is 11.8 Å². The summed E-state index contributed by atoms with van der Waals surface area (Å²) in [5.74, 6) is -0.512. The number of rotatable bonds is 4. The lowest BCUT2D eigenvalue weighted by Gasteiger charge is -2.32. The molecule has 5 aromatic rings. The van der Waals surface area contributed by atoms with E-state index in [9.17, 15) is 13.6 Å². The number of carbonyl (C=O) groups is 1. The Morgan fingerprint density at radius 2 is 2.14 bits per heavy atom. The highest BCUT2D eigenvalue weighted by atomic mass is 19.3. The van der Waals surface area contributed by atoms with Crippen LogP contribution in [0.15, 0.2) is 41.3 Å². The van der Waals surface area contributed by atoms with Crippen molar-refractivity contribution in [2.75, 3.05) is 6.54 Å². The Balaban J connectivity index is 1.41. The van der Waals surface area contributed by atoms with Crippen molar-refractivity contribution in [2.24, 2.45) is 7.05 Å². The number of hydrogen-bond acceptors (Lipinski definition) is 7. The molecule has 0 radical (unpaired) electrons. The molecule has 13 heteroatoms. The van der Waals surface area contributed by atoms with E-state index in [1.54, 1.807) is 43.4 Å². The van der Waals surface area contributed by atoms with E-state index >= 15 is 0 Å². The average molecular weight is 479 g/mol. The Morgan fingerprint density at radius 1 is 1.29 bits per heavy atom. The summed E-state index contributed by atoms with van der Waals surface area (Å²) in [4.78, 5) is 22.6. The standard InChI is InChI=1S/C22H19F2N9O2/c1-11-13(9-31(2)29-11)20-27-28-21(35-20)22(34)32-7-5-14-17(26-10-25-14)18(32)15-8-16-12(19(23)24)4-3-6-33(16)30-15/h3-4,6,8-10,18-19H,5,7H2,1-2H3,(H,25,26)/t18-/m1/s1. The number of H-pyrrole nitrogens is 1. The van der Waals surface area contributed by atoms with Gasteiger partial charge in [-0.15, -0.1) is 10.2 Å². The molecule has 1 atom stereocenters. The predicted octanol–water partition coefficient (Wildman–Crippen LogP) is 2.87. The number of nitrogens with zero attached hydrogens (tertiary/aromatic N) is 8. The number of alkyl halides is 2. The van der Waals surface area contributed by atoms with Gasteiger partial charge in [-0.25, -0.2) is 18.3 Å². The number of amides is 1. The van der Waals surface area contributed by atoms with Gasteiger partial charge in [0.2, 0.25) is 0 Å². The van der Waals surface area contributed by atoms with Crippen LogP contribution in [0.4, 0.5) is 8.78 Å². The molecule has 0 aliphatic carbocycles. The average Bonchev–Trinajstić information content (AvgIpc) is 3.62. The largest absolute Gasteiger partial charge is 0.412 e. The molecule has 1 amide bonds. The molecule has 35 heavy (non-hydrogen) atoms. The van der Waals surface area contributed by atoms with Crippen LogP contribution >= 0.6 is 0 Å². The normalized spacial score (nSPS) is 15.8. The van der Waals surface area contributed by atoms with Gasteiger partial charge in [-0.2, -0.15) is 10.2 Å². The Labute approximate surface area is 196 Å². The van der Waals surface area contributed by atoms with Crippen LogP contribution in [0.3, 0.4) is 0 Å². The summed E-state index contributed by atoms with van der Waals surface area (Å²) in [6.07, 6.45) is 2.72. The fraction of sp³-hybridized carbons (Fsp3) is 0.273. The lowest BCUT2D eigenvalue weighted by atomic mass is 9.99. The molecule has 0 aromatic carbocycles. The SMILES string of the molecule is Cc1nn(C)cc1-c1nnc(C(=O)N2CCc3[nH]cnc3[C@H]2c2cc3c(C(F)F)cccn3n2)o1. The third-order valence-corrected chi connectivity index (χ3v) is 6.11. The van der Waals surface area contributed by atoms with Gasteiger partial charge < -0.3 is 14.3 Å². The number of aryl methyl sites for hydroxylation is 2. The zero-order valence-electron chi connectivity index (χ0n) is 18.7. The van der Waals surface area contributed by atoms with Gasteiger partial charge in [0.1, 0.15) is 6.04 Å². The van der Waals surface area contributed by atoms with E-state index in [0.717, 1.165) is 5.69 Å². The first-order valence-electron chi connectivity index (χ1n) is 10.8. The van der Waals surface area contributed by atoms with Crippen molar-refractivity contribution in [3.63, 3.8) is 0 Å². The molecule has 1 aliphatic rings. The van der Waals surface area contributed by atoms with Gasteiger partial charge in [-0.05, 0) is 25.1 Å². The second kappa shape index (κ2) is 7.82. The molecule has 6 heterocycles. The van der Waals surface area contributed by atoms with Gasteiger partial charge in [-0.3, -0.25) is 9.48 Å². The number of nitrogens with one attached hydrogen (secondary N) is 1. The Morgan fingerprint density at radius 3 is 2.91 bits per heavy atom. The molecule has 0 saturated heterocycles. The summed E-state index contributed by atoms with van der Waals surface area (Å²) in [5.41, 5.74) is 3.28. The molecule has 5 aromatic heterocycles. The summed E-state index contributed by atoms with van der Waals surface area (Å²) >= 11 is 0. The highest BCUT2D eigenvalue weighted by molar-refractivity contribution is 5.90. The smallest absolute Gasteiger partial charge is 0.312 e. The van der Waals surface area contributed by atoms with Crippen molar-refractivity contribution < 1.29 is 18.0 Å². The summed E-state index contributed by atoms with van der Waals surface area (Å²) in [6, 6.07) is 3.71. The summed E-state index contributed by atoms with van der Waals surface area (Å²) in [7, 11) is 1.77. The first-order valence-corrected chi connectivity index (χ1v) is 10.8. The Kier molecular flexibility index (Phi) is 4.72. The van der Waals surface area contributed by atoms with Crippen LogP contribution in [0, 0.1) is 6.92 Å². The fourth-order valence-electron chi connectivity index (χ4n) is 4.52. The number of aromatic nitrogens is 8. The molecular weight excluding hydrogens is 460 g/mol. The monoisotopic (exact) mass is 479 g/mol. The molecule has 0 unspecified atom stereocenters. The van der Waals surface area contributed by atoms with E-state index in [1.807, 2.05) is 0 Å². The lowest BCUT2D eigenvalue weighted by Crippen LogP contribution is -2.41. The number of imidazole rings is 1. The highest BCUT2D eigenvalue weighted by Crippen LogP contribution is 2.35. The van der Waals surface area contributed by atoms with Crippen molar-refractivity contribution in [2.45, 2.75) is 25.8 Å². The molecule has 0 bridgehead atoms. The van der Waals surface area contributed by atoms with E-state index in [4.69, 9.17) is 4.42 Å². The van der Waals surface area contributed by atoms with Gasteiger partial charge in [0.15, 0.2) is 0 Å². The number of fused-ring (bicyclic) bond motifs is 2. The van der Waals surface area contributed by atoms with Crippen LogP contribution < -0.4 is 0 Å². The van der Waals surface area contributed by atoms with Gasteiger partial charge in [0, 0.05) is 43.7 Å². The van der Waals surface area contributed by atoms with Crippen LogP contribution in [-0.2, 0) is 13.5 Å². The summed E-state index contributed by atoms with van der Waals surface area (Å²) in [6.45, 7) is 2.12. The summed E-state index contributed by atoms with van der Waals surface area (Å²) < 4.78 is 35.9. The third kappa shape index (κ3) is 3.38. The molecule has 1 N–H and O–H groups in total. The maximum atomic E-state index is 13.6. The number of carbonyl (C=O) groups excluding carboxylic acids is 1. The molecule has 6 rings (SSSR count). The molecule has 0 spiro atoms. The highest BCUT2D eigenvalue weighted by Gasteiger charge is 2.38. The van der Waals surface area contributed by atoms with Crippen molar-refractivity contribution in [3.8, 4) is 11.5 Å². The van der Waals surface area contributed by atoms with E-state index in [2.05, 4.69) is 30.4 Å². The van der Waals surface area contributed by atoms with Crippen LogP contribution in [0.5, 0.6) is 0 Å². The van der Waals surface area contributed by atoms with Gasteiger partial charge in [-0.1, -0.05) is 0 Å². The van der Waals surface area contributed by atoms with Gasteiger partial charge in [0.05, 0.1) is 34.5 Å². The van der Waals surface area contributed by atoms with E-state index in [-0.39, 0.29) is 22.9 Å².